The van der Waals surface area contributed by atoms with E-state index in [1.807, 2.05) is 13.8 Å². The molecule has 0 aliphatic rings. The van der Waals surface area contributed by atoms with Gasteiger partial charge in [-0.1, -0.05) is 23.2 Å². The molecule has 1 amide bonds. The number of nitrogens with zero attached hydrogens (tertiary/aromatic N) is 1. The van der Waals surface area contributed by atoms with Gasteiger partial charge in [-0.3, -0.25) is 4.79 Å². The molecule has 0 saturated heterocycles. The molecule has 0 radical (unpaired) electrons. The zero-order chi connectivity index (χ0) is 13.9. The predicted octanol–water partition coefficient (Wildman–Crippen LogP) is 3.41. The van der Waals surface area contributed by atoms with E-state index in [0.717, 1.165) is 0 Å². The lowest BCUT2D eigenvalue weighted by Crippen LogP contribution is -2.37. The van der Waals surface area contributed by atoms with Crippen molar-refractivity contribution in [2.45, 2.75) is 19.9 Å². The summed E-state index contributed by atoms with van der Waals surface area (Å²) in [6.45, 7) is 3.94. The van der Waals surface area contributed by atoms with Crippen LogP contribution in [0.5, 0.6) is 0 Å². The summed E-state index contributed by atoms with van der Waals surface area (Å²) in [6.07, 6.45) is 0. The summed E-state index contributed by atoms with van der Waals surface area (Å²) < 4.78 is 13.2. The number of rotatable bonds is 4. The van der Waals surface area contributed by atoms with Gasteiger partial charge in [-0.05, 0) is 26.0 Å². The summed E-state index contributed by atoms with van der Waals surface area (Å²) in [5.74, 6) is -0.726. The third-order valence-corrected chi connectivity index (χ3v) is 3.15. The Morgan fingerprint density at radius 1 is 1.39 bits per heavy atom. The molecule has 0 spiro atoms. The second-order valence-corrected chi connectivity index (χ2v) is 5.02. The van der Waals surface area contributed by atoms with Gasteiger partial charge in [0.1, 0.15) is 0 Å². The summed E-state index contributed by atoms with van der Waals surface area (Å²) in [5, 5.41) is 2.71. The maximum absolute atomic E-state index is 13.2. The Morgan fingerprint density at radius 2 is 1.89 bits per heavy atom. The monoisotopic (exact) mass is 292 g/mol. The van der Waals surface area contributed by atoms with E-state index in [1.165, 1.54) is 12.1 Å². The van der Waals surface area contributed by atoms with E-state index in [4.69, 9.17) is 23.2 Å². The molecular formula is C12H15Cl2FN2O. The lowest BCUT2D eigenvalue weighted by molar-refractivity contribution is -0.129. The Balaban J connectivity index is 2.67. The number of carbonyl (C=O) groups excluding carboxylic acids is 1. The first kappa shape index (κ1) is 15.1. The normalized spacial score (nSPS) is 10.6. The Hall–Kier alpha value is -1.00. The van der Waals surface area contributed by atoms with Crippen molar-refractivity contribution >= 4 is 34.8 Å². The molecule has 0 bridgehead atoms. The van der Waals surface area contributed by atoms with Crippen LogP contribution in [-0.2, 0) is 4.79 Å². The summed E-state index contributed by atoms with van der Waals surface area (Å²) >= 11 is 11.3. The maximum atomic E-state index is 13.2. The number of anilines is 1. The number of hydrogen-bond donors (Lipinski definition) is 1. The van der Waals surface area contributed by atoms with Crippen molar-refractivity contribution in [1.29, 1.82) is 0 Å². The summed E-state index contributed by atoms with van der Waals surface area (Å²) in [4.78, 5) is 13.3. The predicted molar refractivity (Wildman–Crippen MR) is 72.8 cm³/mol. The molecule has 0 aliphatic carbocycles. The number of nitrogens with one attached hydrogen (secondary N) is 1. The molecule has 0 saturated carbocycles. The molecular weight excluding hydrogens is 278 g/mol. The molecule has 1 rings (SSSR count). The topological polar surface area (TPSA) is 32.3 Å². The first-order valence-corrected chi connectivity index (χ1v) is 6.22. The van der Waals surface area contributed by atoms with Gasteiger partial charge in [-0.25, -0.2) is 4.39 Å². The van der Waals surface area contributed by atoms with E-state index >= 15 is 0 Å². The molecule has 1 aromatic carbocycles. The fraction of sp³-hybridized carbons (Fsp3) is 0.417. The molecule has 18 heavy (non-hydrogen) atoms. The SMILES string of the molecule is CC(C)N(C)C(=O)CNc1cc(Cl)c(F)c(Cl)c1. The van der Waals surface area contributed by atoms with Crippen molar-refractivity contribution in [1.82, 2.24) is 4.90 Å². The largest absolute Gasteiger partial charge is 0.376 e. The van der Waals surface area contributed by atoms with Gasteiger partial charge in [-0.2, -0.15) is 0 Å². The van der Waals surface area contributed by atoms with E-state index in [9.17, 15) is 9.18 Å². The minimum absolute atomic E-state index is 0.0680. The highest BCUT2D eigenvalue weighted by atomic mass is 35.5. The Labute approximate surface area is 116 Å². The number of halogens is 3. The van der Waals surface area contributed by atoms with Crippen molar-refractivity contribution < 1.29 is 9.18 Å². The van der Waals surface area contributed by atoms with Crippen molar-refractivity contribution in [3.05, 3.63) is 28.0 Å². The van der Waals surface area contributed by atoms with Crippen molar-refractivity contribution in [3.63, 3.8) is 0 Å². The fourth-order valence-corrected chi connectivity index (χ4v) is 1.74. The Kier molecular flexibility index (Phi) is 5.23. The van der Waals surface area contributed by atoms with E-state index in [2.05, 4.69) is 5.32 Å². The van der Waals surface area contributed by atoms with Crippen molar-refractivity contribution in [3.8, 4) is 0 Å². The second-order valence-electron chi connectivity index (χ2n) is 4.21. The number of likely N-dealkylation sites (N-methyl/N-ethyl adjacent to an activating group) is 1. The van der Waals surface area contributed by atoms with Crippen LogP contribution in [0.2, 0.25) is 10.0 Å². The van der Waals surface area contributed by atoms with Crippen LogP contribution in [0.4, 0.5) is 10.1 Å². The van der Waals surface area contributed by atoms with Crippen LogP contribution in [0.3, 0.4) is 0 Å². The second kappa shape index (κ2) is 6.25. The molecule has 0 atom stereocenters. The van der Waals surface area contributed by atoms with Gasteiger partial charge in [0.15, 0.2) is 5.82 Å². The Morgan fingerprint density at radius 3 is 2.33 bits per heavy atom. The first-order chi connectivity index (χ1) is 8.32. The molecule has 100 valence electrons. The first-order valence-electron chi connectivity index (χ1n) is 5.47. The molecule has 1 N–H and O–H groups in total. The van der Waals surface area contributed by atoms with Gasteiger partial charge >= 0.3 is 0 Å². The fourth-order valence-electron chi connectivity index (χ4n) is 1.25. The third kappa shape index (κ3) is 3.75. The number of carbonyl (C=O) groups is 1. The molecule has 1 aromatic rings. The molecule has 0 fully saturated rings. The van der Waals surface area contributed by atoms with Crippen LogP contribution in [0.1, 0.15) is 13.8 Å². The minimum atomic E-state index is -0.658. The third-order valence-electron chi connectivity index (χ3n) is 2.60. The zero-order valence-corrected chi connectivity index (χ0v) is 11.9. The number of benzene rings is 1. The summed E-state index contributed by atoms with van der Waals surface area (Å²) in [5.41, 5.74) is 0.511. The molecule has 0 aromatic heterocycles. The molecule has 0 heterocycles. The number of amides is 1. The van der Waals surface area contributed by atoms with Crippen LogP contribution in [0, 0.1) is 5.82 Å². The van der Waals surface area contributed by atoms with Crippen LogP contribution in [0.15, 0.2) is 12.1 Å². The standard InChI is InChI=1S/C12H15Cl2FN2O/c1-7(2)17(3)11(18)6-16-8-4-9(13)12(15)10(14)5-8/h4-5,7,16H,6H2,1-3H3. The smallest absolute Gasteiger partial charge is 0.241 e. The minimum Gasteiger partial charge on any atom is -0.376 e. The van der Waals surface area contributed by atoms with Gasteiger partial charge in [0.05, 0.1) is 16.6 Å². The quantitative estimate of drug-likeness (QED) is 0.863. The van der Waals surface area contributed by atoms with Crippen LogP contribution in [-0.4, -0.2) is 30.4 Å². The Bertz CT molecular complexity index is 429. The van der Waals surface area contributed by atoms with Gasteiger partial charge in [-0.15, -0.1) is 0 Å². The molecule has 6 heteroatoms. The average molecular weight is 293 g/mol. The molecule has 0 aliphatic heterocycles. The van der Waals surface area contributed by atoms with Crippen LogP contribution in [0.25, 0.3) is 0 Å². The average Bonchev–Trinajstić information content (AvgIpc) is 2.31. The van der Waals surface area contributed by atoms with E-state index in [-0.39, 0.29) is 28.5 Å². The van der Waals surface area contributed by atoms with Gasteiger partial charge < -0.3 is 10.2 Å². The lowest BCUT2D eigenvalue weighted by atomic mass is 10.3. The van der Waals surface area contributed by atoms with E-state index < -0.39 is 5.82 Å². The number of hydrogen-bond acceptors (Lipinski definition) is 2. The zero-order valence-electron chi connectivity index (χ0n) is 10.4. The highest BCUT2D eigenvalue weighted by molar-refractivity contribution is 6.35. The van der Waals surface area contributed by atoms with Crippen LogP contribution < -0.4 is 5.32 Å². The molecule has 0 unspecified atom stereocenters. The van der Waals surface area contributed by atoms with E-state index in [0.29, 0.717) is 5.69 Å². The maximum Gasteiger partial charge on any atom is 0.241 e. The van der Waals surface area contributed by atoms with Crippen LogP contribution >= 0.6 is 23.2 Å². The highest BCUT2D eigenvalue weighted by Gasteiger charge is 2.12. The van der Waals surface area contributed by atoms with E-state index in [1.54, 1.807) is 11.9 Å². The summed E-state index contributed by atoms with van der Waals surface area (Å²) in [7, 11) is 1.72. The lowest BCUT2D eigenvalue weighted by Gasteiger charge is -2.21. The molecule has 3 nitrogen and oxygen atoms in total. The van der Waals surface area contributed by atoms with Crippen molar-refractivity contribution in [2.75, 3.05) is 18.9 Å². The highest BCUT2D eigenvalue weighted by Crippen LogP contribution is 2.27. The van der Waals surface area contributed by atoms with Gasteiger partial charge in [0.2, 0.25) is 5.91 Å². The summed E-state index contributed by atoms with van der Waals surface area (Å²) in [6, 6.07) is 2.91. The van der Waals surface area contributed by atoms with Crippen molar-refractivity contribution in [2.24, 2.45) is 0 Å². The van der Waals surface area contributed by atoms with Gasteiger partial charge in [0, 0.05) is 18.8 Å². The van der Waals surface area contributed by atoms with Gasteiger partial charge in [0.25, 0.3) is 0 Å².